The van der Waals surface area contributed by atoms with Crippen LogP contribution in [0.4, 0.5) is 4.79 Å². The molecule has 0 aromatic rings. The van der Waals surface area contributed by atoms with E-state index in [1.165, 1.54) is 25.7 Å². The molecule has 0 atom stereocenters. The highest BCUT2D eigenvalue weighted by atomic mass is 16.4. The maximum atomic E-state index is 10.8. The second kappa shape index (κ2) is 4.62. The molecule has 16 heavy (non-hydrogen) atoms. The summed E-state index contributed by atoms with van der Waals surface area (Å²) in [6.07, 6.45) is 6.43. The van der Waals surface area contributed by atoms with Crippen LogP contribution in [0.15, 0.2) is 0 Å². The van der Waals surface area contributed by atoms with Crippen molar-refractivity contribution in [1.29, 1.82) is 0 Å². The molecule has 2 rings (SSSR count). The molecule has 0 unspecified atom stereocenters. The molecule has 1 saturated heterocycles. The summed E-state index contributed by atoms with van der Waals surface area (Å²) in [6, 6.07) is 0.683. The molecular weight excluding hydrogens is 204 g/mol. The molecule has 2 aliphatic rings. The molecule has 4 nitrogen and oxygen atoms in total. The fourth-order valence-electron chi connectivity index (χ4n) is 3.19. The predicted molar refractivity (Wildman–Crippen MR) is 62.6 cm³/mol. The van der Waals surface area contributed by atoms with E-state index in [1.54, 1.807) is 4.90 Å². The number of carboxylic acid groups (broad SMARTS) is 1. The predicted octanol–water partition coefficient (Wildman–Crippen LogP) is 1.91. The summed E-state index contributed by atoms with van der Waals surface area (Å²) in [7, 11) is 2.04. The average molecular weight is 226 g/mol. The zero-order chi connectivity index (χ0) is 11.6. The Morgan fingerprint density at radius 1 is 1.25 bits per heavy atom. The highest BCUT2D eigenvalue weighted by molar-refractivity contribution is 5.65. The van der Waals surface area contributed by atoms with Crippen molar-refractivity contribution in [3.63, 3.8) is 0 Å². The fourth-order valence-corrected chi connectivity index (χ4v) is 3.19. The van der Waals surface area contributed by atoms with Crippen LogP contribution >= 0.6 is 0 Å². The van der Waals surface area contributed by atoms with E-state index in [4.69, 9.17) is 5.11 Å². The number of nitrogens with one attached hydrogen (secondary N) is 1. The van der Waals surface area contributed by atoms with Gasteiger partial charge in [0.2, 0.25) is 0 Å². The van der Waals surface area contributed by atoms with Crippen molar-refractivity contribution in [3.05, 3.63) is 0 Å². The average Bonchev–Trinajstić information content (AvgIpc) is 2.31. The topological polar surface area (TPSA) is 52.6 Å². The lowest BCUT2D eigenvalue weighted by atomic mass is 9.67. The van der Waals surface area contributed by atoms with Crippen LogP contribution in [0, 0.1) is 5.41 Å². The van der Waals surface area contributed by atoms with Gasteiger partial charge in [-0.05, 0) is 51.0 Å². The van der Waals surface area contributed by atoms with Crippen molar-refractivity contribution < 1.29 is 9.90 Å². The molecule has 2 fully saturated rings. The number of hydrogen-bond acceptors (Lipinski definition) is 2. The third kappa shape index (κ3) is 2.32. The molecule has 4 heteroatoms. The molecule has 1 amide bonds. The van der Waals surface area contributed by atoms with E-state index < -0.39 is 6.09 Å². The fraction of sp³-hybridized carbons (Fsp3) is 0.917. The summed E-state index contributed by atoms with van der Waals surface area (Å²) in [5.41, 5.74) is 0.458. The molecule has 1 heterocycles. The lowest BCUT2D eigenvalue weighted by Gasteiger charge is -2.45. The SMILES string of the molecule is CNC1CCC2(CC1)CCN(C(=O)O)CC2. The van der Waals surface area contributed by atoms with Crippen LogP contribution in [0.25, 0.3) is 0 Å². The zero-order valence-corrected chi connectivity index (χ0v) is 10.0. The quantitative estimate of drug-likeness (QED) is 0.718. The Hall–Kier alpha value is -0.770. The summed E-state index contributed by atoms with van der Waals surface area (Å²) in [4.78, 5) is 12.4. The van der Waals surface area contributed by atoms with Crippen molar-refractivity contribution in [2.75, 3.05) is 20.1 Å². The largest absolute Gasteiger partial charge is 0.465 e. The molecule has 92 valence electrons. The standard InChI is InChI=1S/C12H22N2O2/c1-13-10-2-4-12(5-3-10)6-8-14(9-7-12)11(15)16/h10,13H,2-9H2,1H3,(H,15,16). The smallest absolute Gasteiger partial charge is 0.407 e. The van der Waals surface area contributed by atoms with E-state index >= 15 is 0 Å². The number of likely N-dealkylation sites (tertiary alicyclic amines) is 1. The van der Waals surface area contributed by atoms with Crippen LogP contribution in [0.3, 0.4) is 0 Å². The number of carbonyl (C=O) groups is 1. The van der Waals surface area contributed by atoms with E-state index in [0.717, 1.165) is 25.9 Å². The van der Waals surface area contributed by atoms with Gasteiger partial charge in [-0.25, -0.2) is 4.79 Å². The minimum absolute atomic E-state index is 0.458. The number of hydrogen-bond donors (Lipinski definition) is 2. The Labute approximate surface area is 97.0 Å². The third-order valence-electron chi connectivity index (χ3n) is 4.55. The molecule has 1 aliphatic heterocycles. The first-order chi connectivity index (χ1) is 7.65. The number of rotatable bonds is 1. The van der Waals surface area contributed by atoms with Gasteiger partial charge in [-0.3, -0.25) is 0 Å². The summed E-state index contributed by atoms with van der Waals surface area (Å²) in [5, 5.41) is 12.3. The number of amides is 1. The maximum absolute atomic E-state index is 10.8. The molecule has 1 saturated carbocycles. The highest BCUT2D eigenvalue weighted by Gasteiger charge is 2.38. The minimum Gasteiger partial charge on any atom is -0.465 e. The van der Waals surface area contributed by atoms with E-state index in [9.17, 15) is 4.79 Å². The van der Waals surface area contributed by atoms with Gasteiger partial charge >= 0.3 is 6.09 Å². The molecule has 1 aliphatic carbocycles. The zero-order valence-electron chi connectivity index (χ0n) is 10.0. The molecule has 0 bridgehead atoms. The first-order valence-electron chi connectivity index (χ1n) is 6.30. The van der Waals surface area contributed by atoms with E-state index in [1.807, 2.05) is 7.05 Å². The van der Waals surface area contributed by atoms with E-state index in [0.29, 0.717) is 11.5 Å². The molecule has 0 radical (unpaired) electrons. The Kier molecular flexibility index (Phi) is 3.38. The van der Waals surface area contributed by atoms with Crippen molar-refractivity contribution in [2.24, 2.45) is 5.41 Å². The monoisotopic (exact) mass is 226 g/mol. The van der Waals surface area contributed by atoms with Gasteiger partial charge in [0.25, 0.3) is 0 Å². The van der Waals surface area contributed by atoms with Gasteiger partial charge in [0, 0.05) is 19.1 Å². The number of piperidine rings is 1. The highest BCUT2D eigenvalue weighted by Crippen LogP contribution is 2.44. The van der Waals surface area contributed by atoms with Gasteiger partial charge in [0.15, 0.2) is 0 Å². The minimum atomic E-state index is -0.751. The Morgan fingerprint density at radius 3 is 2.25 bits per heavy atom. The first-order valence-corrected chi connectivity index (χ1v) is 6.30. The van der Waals surface area contributed by atoms with Crippen molar-refractivity contribution >= 4 is 6.09 Å². The molecule has 0 aromatic heterocycles. The summed E-state index contributed by atoms with van der Waals surface area (Å²) < 4.78 is 0. The van der Waals surface area contributed by atoms with Crippen LogP contribution < -0.4 is 5.32 Å². The number of nitrogens with zero attached hydrogens (tertiary/aromatic N) is 1. The lowest BCUT2D eigenvalue weighted by molar-refractivity contribution is 0.0578. The van der Waals surface area contributed by atoms with Crippen molar-refractivity contribution in [2.45, 2.75) is 44.6 Å². The van der Waals surface area contributed by atoms with Crippen LogP contribution in [0.2, 0.25) is 0 Å². The van der Waals surface area contributed by atoms with Gasteiger partial charge in [0.05, 0.1) is 0 Å². The lowest BCUT2D eigenvalue weighted by Crippen LogP contribution is -2.45. The van der Waals surface area contributed by atoms with Crippen LogP contribution in [-0.2, 0) is 0 Å². The Bertz CT molecular complexity index is 250. The van der Waals surface area contributed by atoms with Crippen LogP contribution in [-0.4, -0.2) is 42.3 Å². The van der Waals surface area contributed by atoms with Crippen molar-refractivity contribution in [1.82, 2.24) is 10.2 Å². The van der Waals surface area contributed by atoms with E-state index in [-0.39, 0.29) is 0 Å². The van der Waals surface area contributed by atoms with Crippen molar-refractivity contribution in [3.8, 4) is 0 Å². The second-order valence-electron chi connectivity index (χ2n) is 5.33. The third-order valence-corrected chi connectivity index (χ3v) is 4.55. The molecular formula is C12H22N2O2. The second-order valence-corrected chi connectivity index (χ2v) is 5.33. The van der Waals surface area contributed by atoms with Gasteiger partial charge in [-0.1, -0.05) is 0 Å². The van der Waals surface area contributed by atoms with Gasteiger partial charge in [0.1, 0.15) is 0 Å². The summed E-state index contributed by atoms with van der Waals surface area (Å²) >= 11 is 0. The summed E-state index contributed by atoms with van der Waals surface area (Å²) in [5.74, 6) is 0. The van der Waals surface area contributed by atoms with Gasteiger partial charge < -0.3 is 15.3 Å². The van der Waals surface area contributed by atoms with Crippen LogP contribution in [0.1, 0.15) is 38.5 Å². The Balaban J connectivity index is 1.86. The Morgan fingerprint density at radius 2 is 1.81 bits per heavy atom. The summed E-state index contributed by atoms with van der Waals surface area (Å²) in [6.45, 7) is 1.47. The normalized spacial score (nSPS) is 25.9. The van der Waals surface area contributed by atoms with E-state index in [2.05, 4.69) is 5.32 Å². The van der Waals surface area contributed by atoms with Crippen LogP contribution in [0.5, 0.6) is 0 Å². The molecule has 1 spiro atoms. The maximum Gasteiger partial charge on any atom is 0.407 e. The first kappa shape index (κ1) is 11.7. The molecule has 0 aromatic carbocycles. The van der Waals surface area contributed by atoms with Gasteiger partial charge in [-0.15, -0.1) is 0 Å². The molecule has 2 N–H and O–H groups in total. The van der Waals surface area contributed by atoms with Gasteiger partial charge in [-0.2, -0.15) is 0 Å².